The van der Waals surface area contributed by atoms with Crippen LogP contribution in [0.3, 0.4) is 0 Å². The maximum absolute atomic E-state index is 12.6. The molecule has 0 saturated carbocycles. The molecular formula is C22H15Cl2NO. The molecule has 0 amide bonds. The van der Waals surface area contributed by atoms with Crippen LogP contribution in [0.15, 0.2) is 72.9 Å². The molecule has 2 nitrogen and oxygen atoms in total. The van der Waals surface area contributed by atoms with Crippen molar-refractivity contribution >= 4 is 34.0 Å². The summed E-state index contributed by atoms with van der Waals surface area (Å²) in [6, 6.07) is 21.3. The Labute approximate surface area is 161 Å². The van der Waals surface area contributed by atoms with E-state index < -0.39 is 0 Å². The Balaban J connectivity index is 2.08. The summed E-state index contributed by atoms with van der Waals surface area (Å²) in [5, 5.41) is 15.3. The van der Waals surface area contributed by atoms with Gasteiger partial charge in [0.05, 0.1) is 21.0 Å². The Morgan fingerprint density at radius 2 is 1.50 bits per heavy atom. The van der Waals surface area contributed by atoms with E-state index in [1.165, 1.54) is 11.8 Å². The van der Waals surface area contributed by atoms with E-state index in [1.807, 2.05) is 24.3 Å². The lowest BCUT2D eigenvalue weighted by molar-refractivity contribution is -0.592. The van der Waals surface area contributed by atoms with Crippen LogP contribution in [0, 0.1) is 12.1 Å². The number of aryl methyl sites for hydroxylation is 1. The molecule has 0 N–H and O–H groups in total. The molecule has 4 aromatic rings. The number of aromatic nitrogens is 1. The maximum Gasteiger partial charge on any atom is 0.234 e. The Bertz CT molecular complexity index is 1120. The molecule has 1 aromatic heterocycles. The van der Waals surface area contributed by atoms with Gasteiger partial charge in [0, 0.05) is 11.5 Å². The molecule has 0 aliphatic rings. The van der Waals surface area contributed by atoms with Crippen LogP contribution in [0.2, 0.25) is 10.0 Å². The third kappa shape index (κ3) is 2.82. The molecule has 0 unspecified atom stereocenters. The average Bonchev–Trinajstić information content (AvgIpc) is 2.62. The van der Waals surface area contributed by atoms with Gasteiger partial charge in [-0.3, -0.25) is 0 Å². The van der Waals surface area contributed by atoms with Gasteiger partial charge in [0.25, 0.3) is 0 Å². The van der Waals surface area contributed by atoms with Crippen molar-refractivity contribution in [1.29, 1.82) is 0 Å². The highest BCUT2D eigenvalue weighted by atomic mass is 35.5. The molecular weight excluding hydrogens is 365 g/mol. The topological polar surface area (TPSA) is 26.9 Å². The van der Waals surface area contributed by atoms with E-state index in [1.54, 1.807) is 18.2 Å². The van der Waals surface area contributed by atoms with Crippen molar-refractivity contribution in [3.05, 3.63) is 93.7 Å². The summed E-state index contributed by atoms with van der Waals surface area (Å²) >= 11 is 12.8. The van der Waals surface area contributed by atoms with Crippen molar-refractivity contribution in [2.45, 2.75) is 6.92 Å². The summed E-state index contributed by atoms with van der Waals surface area (Å²) in [7, 11) is 0. The van der Waals surface area contributed by atoms with Crippen molar-refractivity contribution in [1.82, 2.24) is 0 Å². The fraction of sp³-hybridized carbons (Fsp3) is 0.0455. The van der Waals surface area contributed by atoms with Gasteiger partial charge in [0.2, 0.25) is 5.69 Å². The summed E-state index contributed by atoms with van der Waals surface area (Å²) in [6.07, 6.45) is 1.51. The second-order valence-electron chi connectivity index (χ2n) is 6.22. The highest BCUT2D eigenvalue weighted by molar-refractivity contribution is 6.39. The number of nitrogens with zero attached hydrogens (tertiary/aromatic N) is 1. The number of fused-ring (bicyclic) bond motifs is 1. The Kier molecular flexibility index (Phi) is 4.31. The third-order valence-electron chi connectivity index (χ3n) is 4.49. The quantitative estimate of drug-likeness (QED) is 0.291. The standard InChI is InChI=1S/C22H15Cl2NO/c1-14-5-2-6-15(13-14)16-7-3-8-18-17(16)11-12-25(26)22(18)21-19(23)9-4-10-20(21)24/h2-13H,1H3. The predicted octanol–water partition coefficient (Wildman–Crippen LogP) is 6.42. The van der Waals surface area contributed by atoms with E-state index in [2.05, 4.69) is 31.2 Å². The van der Waals surface area contributed by atoms with Gasteiger partial charge in [-0.15, -0.1) is 0 Å². The second-order valence-corrected chi connectivity index (χ2v) is 7.04. The van der Waals surface area contributed by atoms with Gasteiger partial charge >= 0.3 is 0 Å². The molecule has 4 heteroatoms. The number of rotatable bonds is 2. The molecule has 1 heterocycles. The minimum atomic E-state index is 0.454. The molecule has 0 radical (unpaired) electrons. The molecule has 0 fully saturated rings. The number of benzene rings is 3. The van der Waals surface area contributed by atoms with Crippen LogP contribution in [0.5, 0.6) is 0 Å². The first-order valence-corrected chi connectivity index (χ1v) is 8.98. The van der Waals surface area contributed by atoms with Gasteiger partial charge in [-0.2, -0.15) is 4.73 Å². The zero-order valence-corrected chi connectivity index (χ0v) is 15.6. The summed E-state index contributed by atoms with van der Waals surface area (Å²) in [4.78, 5) is 0. The van der Waals surface area contributed by atoms with Crippen LogP contribution in [0.1, 0.15) is 5.56 Å². The SMILES string of the molecule is Cc1cccc(-c2cccc3c(-c4c(Cl)cccc4Cl)[n+]([O-])ccc23)c1. The van der Waals surface area contributed by atoms with Gasteiger partial charge in [0.15, 0.2) is 6.20 Å². The predicted molar refractivity (Wildman–Crippen MR) is 109 cm³/mol. The minimum absolute atomic E-state index is 0.454. The normalized spacial score (nSPS) is 11.0. The fourth-order valence-electron chi connectivity index (χ4n) is 3.32. The van der Waals surface area contributed by atoms with Crippen LogP contribution in [0.25, 0.3) is 33.2 Å². The lowest BCUT2D eigenvalue weighted by atomic mass is 9.95. The van der Waals surface area contributed by atoms with Crippen LogP contribution in [-0.2, 0) is 0 Å². The van der Waals surface area contributed by atoms with Crippen LogP contribution in [0.4, 0.5) is 0 Å². The van der Waals surface area contributed by atoms with E-state index >= 15 is 0 Å². The van der Waals surface area contributed by atoms with Crippen LogP contribution < -0.4 is 4.73 Å². The molecule has 4 rings (SSSR count). The molecule has 0 aliphatic heterocycles. The smallest absolute Gasteiger partial charge is 0.234 e. The van der Waals surface area contributed by atoms with Crippen molar-refractivity contribution in [2.24, 2.45) is 0 Å². The van der Waals surface area contributed by atoms with Gasteiger partial charge < -0.3 is 5.21 Å². The Morgan fingerprint density at radius 3 is 2.23 bits per heavy atom. The van der Waals surface area contributed by atoms with Gasteiger partial charge in [-0.25, -0.2) is 0 Å². The highest BCUT2D eigenvalue weighted by Gasteiger charge is 2.21. The monoisotopic (exact) mass is 379 g/mol. The lowest BCUT2D eigenvalue weighted by Crippen LogP contribution is -2.28. The first kappa shape index (κ1) is 16.9. The van der Waals surface area contributed by atoms with Gasteiger partial charge in [-0.1, -0.05) is 71.2 Å². The molecule has 128 valence electrons. The van der Waals surface area contributed by atoms with Gasteiger partial charge in [0.1, 0.15) is 0 Å². The number of hydrogen-bond acceptors (Lipinski definition) is 1. The number of halogens is 2. The zero-order chi connectivity index (χ0) is 18.3. The first-order valence-electron chi connectivity index (χ1n) is 8.22. The van der Waals surface area contributed by atoms with Crippen LogP contribution in [-0.4, -0.2) is 0 Å². The van der Waals surface area contributed by atoms with Crippen molar-refractivity contribution in [3.63, 3.8) is 0 Å². The largest absolute Gasteiger partial charge is 0.618 e. The van der Waals surface area contributed by atoms with E-state index in [4.69, 9.17) is 23.2 Å². The molecule has 0 spiro atoms. The maximum atomic E-state index is 12.6. The molecule has 0 saturated heterocycles. The van der Waals surface area contributed by atoms with Crippen molar-refractivity contribution < 1.29 is 4.73 Å². The summed E-state index contributed by atoms with van der Waals surface area (Å²) in [5.41, 5.74) is 4.38. The molecule has 3 aromatic carbocycles. The van der Waals surface area contributed by atoms with E-state index in [0.717, 1.165) is 26.6 Å². The number of hydrogen-bond donors (Lipinski definition) is 0. The lowest BCUT2D eigenvalue weighted by Gasteiger charge is -2.13. The summed E-state index contributed by atoms with van der Waals surface area (Å²) < 4.78 is 0.829. The molecule has 26 heavy (non-hydrogen) atoms. The molecule has 0 atom stereocenters. The second kappa shape index (κ2) is 6.64. The van der Waals surface area contributed by atoms with E-state index in [-0.39, 0.29) is 0 Å². The molecule has 0 aliphatic carbocycles. The fourth-order valence-corrected chi connectivity index (χ4v) is 3.90. The van der Waals surface area contributed by atoms with Gasteiger partial charge in [-0.05, 0) is 36.2 Å². The zero-order valence-electron chi connectivity index (χ0n) is 14.0. The number of pyridine rings is 1. The Hall–Kier alpha value is -2.55. The average molecular weight is 380 g/mol. The summed E-state index contributed by atoms with van der Waals surface area (Å²) in [5.74, 6) is 0. The van der Waals surface area contributed by atoms with E-state index in [0.29, 0.717) is 21.3 Å². The molecule has 0 bridgehead atoms. The Morgan fingerprint density at radius 1 is 0.808 bits per heavy atom. The first-order chi connectivity index (χ1) is 12.6. The summed E-state index contributed by atoms with van der Waals surface area (Å²) in [6.45, 7) is 2.06. The van der Waals surface area contributed by atoms with Crippen molar-refractivity contribution in [3.8, 4) is 22.4 Å². The van der Waals surface area contributed by atoms with Crippen LogP contribution >= 0.6 is 23.2 Å². The third-order valence-corrected chi connectivity index (χ3v) is 5.12. The van der Waals surface area contributed by atoms with Crippen molar-refractivity contribution in [2.75, 3.05) is 0 Å². The highest BCUT2D eigenvalue weighted by Crippen LogP contribution is 2.38. The minimum Gasteiger partial charge on any atom is -0.618 e. The van der Waals surface area contributed by atoms with E-state index in [9.17, 15) is 5.21 Å².